The molecule has 0 radical (unpaired) electrons. The molecule has 0 amide bonds. The molecular weight excluding hydrogens is 224 g/mol. The Balaban J connectivity index is 3.20. The predicted octanol–water partition coefficient (Wildman–Crippen LogP) is 2.13. The van der Waals surface area contributed by atoms with E-state index in [2.05, 4.69) is 0 Å². The van der Waals surface area contributed by atoms with E-state index in [4.69, 9.17) is 5.11 Å². The molecule has 0 aliphatic carbocycles. The Morgan fingerprint density at radius 2 is 1.94 bits per heavy atom. The molecule has 1 rings (SSSR count). The second-order valence-corrected chi connectivity index (χ2v) is 5.01. The fourth-order valence-corrected chi connectivity index (χ4v) is 2.40. The van der Waals surface area contributed by atoms with Gasteiger partial charge in [0.15, 0.2) is 6.10 Å². The van der Waals surface area contributed by atoms with E-state index in [9.17, 15) is 9.90 Å². The molecule has 0 aliphatic heterocycles. The minimum Gasteiger partial charge on any atom is -0.479 e. The van der Waals surface area contributed by atoms with Crippen molar-refractivity contribution in [2.24, 2.45) is 0 Å². The van der Waals surface area contributed by atoms with Crippen LogP contribution in [0, 0.1) is 0 Å². The van der Waals surface area contributed by atoms with Gasteiger partial charge in [0.05, 0.1) is 0 Å². The van der Waals surface area contributed by atoms with Crippen molar-refractivity contribution < 1.29 is 15.0 Å². The van der Waals surface area contributed by atoms with Crippen LogP contribution in [0.5, 0.6) is 0 Å². The average molecular weight is 240 g/mol. The molecule has 2 N–H and O–H groups in total. The zero-order valence-electron chi connectivity index (χ0n) is 9.60. The summed E-state index contributed by atoms with van der Waals surface area (Å²) in [5, 5.41) is 18.6. The van der Waals surface area contributed by atoms with Gasteiger partial charge in [-0.3, -0.25) is 0 Å². The monoisotopic (exact) mass is 240 g/mol. The molecule has 0 spiro atoms. The van der Waals surface area contributed by atoms with Crippen LogP contribution < -0.4 is 0 Å². The normalized spacial score (nSPS) is 13.5. The Kier molecular flexibility index (Phi) is 3.99. The van der Waals surface area contributed by atoms with E-state index in [-0.39, 0.29) is 0 Å². The molecule has 16 heavy (non-hydrogen) atoms. The first-order valence-electron chi connectivity index (χ1n) is 4.95. The summed E-state index contributed by atoms with van der Waals surface area (Å²) in [6.45, 7) is 3.47. The smallest absolute Gasteiger partial charge is 0.333 e. The number of aliphatic carboxylic acids is 1. The van der Waals surface area contributed by atoms with Crippen LogP contribution in [-0.4, -0.2) is 28.5 Å². The van der Waals surface area contributed by atoms with Gasteiger partial charge in [-0.05, 0) is 17.9 Å². The number of benzene rings is 1. The lowest BCUT2D eigenvalue weighted by atomic mass is 9.79. The molecule has 88 valence electrons. The number of carbonyl (C=O) groups is 1. The number of hydrogen-bond acceptors (Lipinski definition) is 3. The molecule has 4 heteroatoms. The maximum atomic E-state index is 10.9. The van der Waals surface area contributed by atoms with Crippen LogP contribution in [0.3, 0.4) is 0 Å². The van der Waals surface area contributed by atoms with E-state index in [1.54, 1.807) is 25.6 Å². The number of hydrogen-bond donors (Lipinski definition) is 2. The molecule has 0 fully saturated rings. The first kappa shape index (κ1) is 13.1. The van der Waals surface area contributed by atoms with Gasteiger partial charge in [0.2, 0.25) is 0 Å². The second kappa shape index (κ2) is 4.89. The molecule has 1 aromatic rings. The highest BCUT2D eigenvalue weighted by Crippen LogP contribution is 2.34. The Morgan fingerprint density at radius 1 is 1.38 bits per heavy atom. The fraction of sp³-hybridized carbons (Fsp3) is 0.417. The summed E-state index contributed by atoms with van der Waals surface area (Å²) in [7, 11) is 0. The SMILES string of the molecule is CSc1ccccc1C(C)(C)C(O)C(=O)O. The number of aliphatic hydroxyl groups excluding tert-OH is 1. The first-order chi connectivity index (χ1) is 7.41. The van der Waals surface area contributed by atoms with Gasteiger partial charge in [-0.1, -0.05) is 32.0 Å². The largest absolute Gasteiger partial charge is 0.479 e. The van der Waals surface area contributed by atoms with Crippen molar-refractivity contribution in [3.63, 3.8) is 0 Å². The topological polar surface area (TPSA) is 57.5 Å². The Bertz CT molecular complexity index is 388. The standard InChI is InChI=1S/C12H16O3S/c1-12(2,10(13)11(14)15)8-6-4-5-7-9(8)16-3/h4-7,10,13H,1-3H3,(H,14,15). The molecule has 0 heterocycles. The summed E-state index contributed by atoms with van der Waals surface area (Å²) < 4.78 is 0. The van der Waals surface area contributed by atoms with Gasteiger partial charge in [-0.2, -0.15) is 0 Å². The molecule has 0 saturated carbocycles. The lowest BCUT2D eigenvalue weighted by molar-refractivity contribution is -0.150. The van der Waals surface area contributed by atoms with Gasteiger partial charge >= 0.3 is 5.97 Å². The first-order valence-corrected chi connectivity index (χ1v) is 6.18. The summed E-state index contributed by atoms with van der Waals surface area (Å²) >= 11 is 1.55. The third-order valence-corrected chi connectivity index (χ3v) is 3.51. The van der Waals surface area contributed by atoms with E-state index >= 15 is 0 Å². The average Bonchev–Trinajstić information content (AvgIpc) is 2.27. The number of rotatable bonds is 4. The molecule has 1 aromatic carbocycles. The van der Waals surface area contributed by atoms with Crippen LogP contribution >= 0.6 is 11.8 Å². The van der Waals surface area contributed by atoms with Crippen LogP contribution in [-0.2, 0) is 10.2 Å². The van der Waals surface area contributed by atoms with Crippen molar-refractivity contribution in [1.82, 2.24) is 0 Å². The molecule has 3 nitrogen and oxygen atoms in total. The predicted molar refractivity (Wildman–Crippen MR) is 64.9 cm³/mol. The van der Waals surface area contributed by atoms with Crippen LogP contribution in [0.4, 0.5) is 0 Å². The molecular formula is C12H16O3S. The number of thioether (sulfide) groups is 1. The third kappa shape index (κ3) is 2.39. The van der Waals surface area contributed by atoms with Crippen LogP contribution in [0.2, 0.25) is 0 Å². The Morgan fingerprint density at radius 3 is 2.44 bits per heavy atom. The molecule has 0 aliphatic rings. The molecule has 1 unspecified atom stereocenters. The quantitative estimate of drug-likeness (QED) is 0.792. The summed E-state index contributed by atoms with van der Waals surface area (Å²) in [5.41, 5.74) is 0.0585. The molecule has 0 bridgehead atoms. The highest BCUT2D eigenvalue weighted by molar-refractivity contribution is 7.98. The summed E-state index contributed by atoms with van der Waals surface area (Å²) in [4.78, 5) is 11.9. The summed E-state index contributed by atoms with van der Waals surface area (Å²) in [6, 6.07) is 7.54. The minimum absolute atomic E-state index is 0.800. The molecule has 1 atom stereocenters. The van der Waals surface area contributed by atoms with E-state index < -0.39 is 17.5 Å². The zero-order valence-corrected chi connectivity index (χ0v) is 10.4. The minimum atomic E-state index is -1.40. The lowest BCUT2D eigenvalue weighted by Crippen LogP contribution is -2.40. The highest BCUT2D eigenvalue weighted by Gasteiger charge is 2.36. The molecule has 0 aromatic heterocycles. The summed E-state index contributed by atoms with van der Waals surface area (Å²) in [6.07, 6.45) is 0.531. The number of carboxylic acid groups (broad SMARTS) is 1. The lowest BCUT2D eigenvalue weighted by Gasteiger charge is -2.29. The van der Waals surface area contributed by atoms with Gasteiger partial charge in [0, 0.05) is 10.3 Å². The van der Waals surface area contributed by atoms with Gasteiger partial charge in [-0.25, -0.2) is 4.79 Å². The zero-order chi connectivity index (χ0) is 12.3. The Hall–Kier alpha value is -1.00. The van der Waals surface area contributed by atoms with Gasteiger partial charge in [0.25, 0.3) is 0 Å². The number of carboxylic acids is 1. The fourth-order valence-electron chi connectivity index (χ4n) is 1.63. The Labute approximate surface area is 99.5 Å². The van der Waals surface area contributed by atoms with Crippen molar-refractivity contribution in [3.8, 4) is 0 Å². The van der Waals surface area contributed by atoms with Gasteiger partial charge in [-0.15, -0.1) is 11.8 Å². The van der Waals surface area contributed by atoms with E-state index in [1.165, 1.54) is 0 Å². The van der Waals surface area contributed by atoms with Crippen LogP contribution in [0.25, 0.3) is 0 Å². The number of aliphatic hydroxyl groups is 1. The third-order valence-electron chi connectivity index (χ3n) is 2.72. The van der Waals surface area contributed by atoms with Crippen molar-refractivity contribution in [2.45, 2.75) is 30.3 Å². The van der Waals surface area contributed by atoms with E-state index in [1.807, 2.05) is 30.5 Å². The maximum absolute atomic E-state index is 10.9. The van der Waals surface area contributed by atoms with Gasteiger partial charge < -0.3 is 10.2 Å². The second-order valence-electron chi connectivity index (χ2n) is 4.16. The van der Waals surface area contributed by atoms with Crippen molar-refractivity contribution in [3.05, 3.63) is 29.8 Å². The van der Waals surface area contributed by atoms with E-state index in [0.717, 1.165) is 10.5 Å². The highest BCUT2D eigenvalue weighted by atomic mass is 32.2. The van der Waals surface area contributed by atoms with Crippen LogP contribution in [0.15, 0.2) is 29.2 Å². The van der Waals surface area contributed by atoms with E-state index in [0.29, 0.717) is 0 Å². The molecule has 0 saturated heterocycles. The summed E-state index contributed by atoms with van der Waals surface area (Å²) in [5.74, 6) is -1.19. The van der Waals surface area contributed by atoms with Crippen molar-refractivity contribution in [2.75, 3.05) is 6.26 Å². The van der Waals surface area contributed by atoms with Crippen LogP contribution in [0.1, 0.15) is 19.4 Å². The van der Waals surface area contributed by atoms with Gasteiger partial charge in [0.1, 0.15) is 0 Å². The van der Waals surface area contributed by atoms with Crippen molar-refractivity contribution >= 4 is 17.7 Å². The maximum Gasteiger partial charge on any atom is 0.333 e. The van der Waals surface area contributed by atoms with Crippen molar-refractivity contribution in [1.29, 1.82) is 0 Å².